The van der Waals surface area contributed by atoms with Crippen molar-refractivity contribution in [2.45, 2.75) is 47.2 Å². The van der Waals surface area contributed by atoms with E-state index in [2.05, 4.69) is 43.0 Å². The third-order valence-corrected chi connectivity index (χ3v) is 3.17. The summed E-state index contributed by atoms with van der Waals surface area (Å²) in [7, 11) is 0. The van der Waals surface area contributed by atoms with Gasteiger partial charge in [-0.15, -0.1) is 6.42 Å². The Bertz CT molecular complexity index is 429. The van der Waals surface area contributed by atoms with E-state index in [1.807, 2.05) is 6.92 Å². The van der Waals surface area contributed by atoms with E-state index >= 15 is 0 Å². The smallest absolute Gasteiger partial charge is 0.118 e. The maximum atomic E-state index is 5.81. The van der Waals surface area contributed by atoms with Crippen LogP contribution in [0.3, 0.4) is 0 Å². The van der Waals surface area contributed by atoms with Crippen molar-refractivity contribution in [2.75, 3.05) is 19.6 Å². The van der Waals surface area contributed by atoms with Crippen molar-refractivity contribution in [3.05, 3.63) is 23.2 Å². The summed E-state index contributed by atoms with van der Waals surface area (Å²) in [5.41, 5.74) is 1.25. The third kappa shape index (κ3) is 5.81. The van der Waals surface area contributed by atoms with E-state index in [1.165, 1.54) is 5.56 Å². The van der Waals surface area contributed by atoms with Crippen molar-refractivity contribution >= 4 is 0 Å². The summed E-state index contributed by atoms with van der Waals surface area (Å²) in [6.07, 6.45) is 6.54. The molecule has 0 bridgehead atoms. The quantitative estimate of drug-likeness (QED) is 0.702. The van der Waals surface area contributed by atoms with Crippen molar-refractivity contribution < 1.29 is 4.42 Å². The summed E-state index contributed by atoms with van der Waals surface area (Å²) in [6.45, 7) is 13.0. The Labute approximate surface area is 123 Å². The zero-order valence-electron chi connectivity index (χ0n) is 13.3. The molecule has 0 aliphatic heterocycles. The summed E-state index contributed by atoms with van der Waals surface area (Å²) < 4.78 is 5.81. The molecule has 1 aromatic heterocycles. The zero-order chi connectivity index (χ0) is 15.0. The Morgan fingerprint density at radius 2 is 2.20 bits per heavy atom. The lowest BCUT2D eigenvalue weighted by molar-refractivity contribution is 0.297. The van der Waals surface area contributed by atoms with E-state index in [9.17, 15) is 0 Å². The van der Waals surface area contributed by atoms with Crippen LogP contribution in [0.5, 0.6) is 0 Å². The van der Waals surface area contributed by atoms with Gasteiger partial charge in [0.15, 0.2) is 0 Å². The molecule has 1 N–H and O–H groups in total. The van der Waals surface area contributed by atoms with Crippen LogP contribution in [0.2, 0.25) is 0 Å². The maximum absolute atomic E-state index is 5.81. The molecule has 0 saturated heterocycles. The van der Waals surface area contributed by atoms with Gasteiger partial charge in [-0.3, -0.25) is 4.90 Å². The van der Waals surface area contributed by atoms with Gasteiger partial charge in [-0.05, 0) is 38.4 Å². The van der Waals surface area contributed by atoms with Gasteiger partial charge in [0.05, 0.1) is 13.1 Å². The van der Waals surface area contributed by atoms with E-state index in [1.54, 1.807) is 0 Å². The van der Waals surface area contributed by atoms with Gasteiger partial charge in [0.2, 0.25) is 0 Å². The van der Waals surface area contributed by atoms with Gasteiger partial charge in [0, 0.05) is 12.1 Å². The van der Waals surface area contributed by atoms with Gasteiger partial charge in [-0.25, -0.2) is 0 Å². The van der Waals surface area contributed by atoms with Gasteiger partial charge in [-0.1, -0.05) is 26.7 Å². The molecule has 0 amide bonds. The summed E-state index contributed by atoms with van der Waals surface area (Å²) >= 11 is 0. The van der Waals surface area contributed by atoms with Gasteiger partial charge >= 0.3 is 0 Å². The number of aryl methyl sites for hydroxylation is 1. The monoisotopic (exact) mass is 276 g/mol. The SMILES string of the molecule is C#CCN(CCC)Cc1cc(CNCC(C)C)oc1C. The van der Waals surface area contributed by atoms with E-state index in [0.29, 0.717) is 12.5 Å². The summed E-state index contributed by atoms with van der Waals surface area (Å²) in [4.78, 5) is 2.28. The van der Waals surface area contributed by atoms with Crippen LogP contribution >= 0.6 is 0 Å². The predicted octanol–water partition coefficient (Wildman–Crippen LogP) is 3.18. The van der Waals surface area contributed by atoms with Gasteiger partial charge in [0.25, 0.3) is 0 Å². The molecule has 0 spiro atoms. The highest BCUT2D eigenvalue weighted by Crippen LogP contribution is 2.17. The number of hydrogen-bond acceptors (Lipinski definition) is 3. The van der Waals surface area contributed by atoms with Gasteiger partial charge in [-0.2, -0.15) is 0 Å². The second kappa shape index (κ2) is 8.84. The molecular weight excluding hydrogens is 248 g/mol. The van der Waals surface area contributed by atoms with Crippen LogP contribution in [0.1, 0.15) is 44.3 Å². The van der Waals surface area contributed by atoms with Crippen molar-refractivity contribution in [1.29, 1.82) is 0 Å². The molecule has 1 aromatic rings. The molecule has 20 heavy (non-hydrogen) atoms. The number of terminal acetylenes is 1. The van der Waals surface area contributed by atoms with Crippen LogP contribution in [0.25, 0.3) is 0 Å². The molecule has 0 aromatic carbocycles. The van der Waals surface area contributed by atoms with Crippen molar-refractivity contribution in [3.63, 3.8) is 0 Å². The molecule has 0 aliphatic rings. The zero-order valence-corrected chi connectivity index (χ0v) is 13.3. The predicted molar refractivity (Wildman–Crippen MR) is 84.4 cm³/mol. The Balaban J connectivity index is 2.57. The fraction of sp³-hybridized carbons (Fsp3) is 0.647. The minimum Gasteiger partial charge on any atom is -0.465 e. The number of rotatable bonds is 9. The van der Waals surface area contributed by atoms with E-state index in [4.69, 9.17) is 10.8 Å². The molecule has 0 unspecified atom stereocenters. The standard InChI is InChI=1S/C17H28N2O/c1-6-8-19(9-7-2)13-16-10-17(20-15(16)5)12-18-11-14(3)4/h1,10,14,18H,7-9,11-13H2,2-5H3. The van der Waals surface area contributed by atoms with Crippen molar-refractivity contribution in [2.24, 2.45) is 5.92 Å². The first-order valence-corrected chi connectivity index (χ1v) is 7.51. The first kappa shape index (κ1) is 16.8. The normalized spacial score (nSPS) is 11.2. The molecule has 1 rings (SSSR count). The minimum absolute atomic E-state index is 0.654. The molecule has 0 aliphatic carbocycles. The Morgan fingerprint density at radius 3 is 2.80 bits per heavy atom. The van der Waals surface area contributed by atoms with Crippen LogP contribution in [0.15, 0.2) is 10.5 Å². The third-order valence-electron chi connectivity index (χ3n) is 3.17. The fourth-order valence-electron chi connectivity index (χ4n) is 2.22. The van der Waals surface area contributed by atoms with Crippen molar-refractivity contribution in [3.8, 4) is 12.3 Å². The van der Waals surface area contributed by atoms with Crippen LogP contribution in [0, 0.1) is 25.2 Å². The molecule has 112 valence electrons. The number of furan rings is 1. The Hall–Kier alpha value is -1.24. The average Bonchev–Trinajstić information content (AvgIpc) is 2.70. The molecule has 0 radical (unpaired) electrons. The van der Waals surface area contributed by atoms with E-state index < -0.39 is 0 Å². The highest BCUT2D eigenvalue weighted by Gasteiger charge is 2.11. The molecule has 0 fully saturated rings. The number of nitrogens with one attached hydrogen (secondary N) is 1. The summed E-state index contributed by atoms with van der Waals surface area (Å²) in [5, 5.41) is 3.41. The van der Waals surface area contributed by atoms with Crippen LogP contribution in [0.4, 0.5) is 0 Å². The maximum Gasteiger partial charge on any atom is 0.118 e. The van der Waals surface area contributed by atoms with Crippen LogP contribution < -0.4 is 5.32 Å². The van der Waals surface area contributed by atoms with Crippen molar-refractivity contribution in [1.82, 2.24) is 10.2 Å². The first-order valence-electron chi connectivity index (χ1n) is 7.51. The van der Waals surface area contributed by atoms with E-state index in [0.717, 1.165) is 44.1 Å². The average molecular weight is 276 g/mol. The minimum atomic E-state index is 0.654. The molecule has 0 atom stereocenters. The summed E-state index contributed by atoms with van der Waals surface area (Å²) in [6, 6.07) is 2.15. The Morgan fingerprint density at radius 1 is 1.45 bits per heavy atom. The van der Waals surface area contributed by atoms with Crippen LogP contribution in [-0.2, 0) is 13.1 Å². The second-order valence-corrected chi connectivity index (χ2v) is 5.73. The lowest BCUT2D eigenvalue weighted by Crippen LogP contribution is -2.24. The van der Waals surface area contributed by atoms with Gasteiger partial charge in [0.1, 0.15) is 11.5 Å². The van der Waals surface area contributed by atoms with E-state index in [-0.39, 0.29) is 0 Å². The molecule has 1 heterocycles. The number of hydrogen-bond donors (Lipinski definition) is 1. The second-order valence-electron chi connectivity index (χ2n) is 5.73. The summed E-state index contributed by atoms with van der Waals surface area (Å²) in [5.74, 6) is 5.40. The largest absolute Gasteiger partial charge is 0.465 e. The molecule has 0 saturated carbocycles. The fourth-order valence-corrected chi connectivity index (χ4v) is 2.22. The van der Waals surface area contributed by atoms with Crippen LogP contribution in [-0.4, -0.2) is 24.5 Å². The lowest BCUT2D eigenvalue weighted by Gasteiger charge is -2.18. The number of nitrogens with zero attached hydrogens (tertiary/aromatic N) is 1. The topological polar surface area (TPSA) is 28.4 Å². The molecule has 3 heteroatoms. The highest BCUT2D eigenvalue weighted by molar-refractivity contribution is 5.21. The van der Waals surface area contributed by atoms with Gasteiger partial charge < -0.3 is 9.73 Å². The molecular formula is C17H28N2O. The lowest BCUT2D eigenvalue weighted by atomic mass is 10.2. The molecule has 3 nitrogen and oxygen atoms in total. The highest BCUT2D eigenvalue weighted by atomic mass is 16.3. The Kier molecular flexibility index (Phi) is 7.43. The first-order chi connectivity index (χ1) is 9.56.